The molecule has 0 saturated carbocycles. The van der Waals surface area contributed by atoms with Crippen molar-refractivity contribution in [1.82, 2.24) is 10.2 Å². The van der Waals surface area contributed by atoms with E-state index in [1.54, 1.807) is 11.2 Å². The number of urea groups is 1. The summed E-state index contributed by atoms with van der Waals surface area (Å²) in [7, 11) is -0.840. The average molecular weight is 304 g/mol. The molecule has 1 fully saturated rings. The number of carbonyl (C=O) groups is 1. The van der Waals surface area contributed by atoms with Crippen molar-refractivity contribution in [2.75, 3.05) is 25.9 Å². The summed E-state index contributed by atoms with van der Waals surface area (Å²) >= 11 is 0. The van der Waals surface area contributed by atoms with E-state index in [0.29, 0.717) is 19.6 Å². The Balaban J connectivity index is 2.49. The first kappa shape index (κ1) is 17.4. The highest BCUT2D eigenvalue weighted by Gasteiger charge is 2.39. The van der Waals surface area contributed by atoms with Gasteiger partial charge in [-0.05, 0) is 34.1 Å². The molecule has 1 N–H and O–H groups in total. The fourth-order valence-corrected chi connectivity index (χ4v) is 3.04. The van der Waals surface area contributed by atoms with Gasteiger partial charge in [-0.3, -0.25) is 4.21 Å². The number of nitrogens with one attached hydrogen (secondary N) is 1. The number of ether oxygens (including phenoxy) is 1. The highest BCUT2D eigenvalue weighted by molar-refractivity contribution is 7.84. The molecule has 20 heavy (non-hydrogen) atoms. The Morgan fingerprint density at radius 2 is 1.80 bits per heavy atom. The van der Waals surface area contributed by atoms with Crippen molar-refractivity contribution in [1.29, 1.82) is 0 Å². The van der Waals surface area contributed by atoms with Crippen LogP contribution in [0.15, 0.2) is 0 Å². The fourth-order valence-electron chi connectivity index (χ4n) is 2.59. The van der Waals surface area contributed by atoms with E-state index in [9.17, 15) is 9.00 Å². The third-order valence-electron chi connectivity index (χ3n) is 3.38. The van der Waals surface area contributed by atoms with Crippen LogP contribution in [0.2, 0.25) is 0 Å². The Labute approximate surface area is 124 Å². The number of hydrogen-bond acceptors (Lipinski definition) is 3. The van der Waals surface area contributed by atoms with Gasteiger partial charge in [-0.1, -0.05) is 6.92 Å². The summed E-state index contributed by atoms with van der Waals surface area (Å²) in [6.07, 6.45) is 2.42. The predicted octanol–water partition coefficient (Wildman–Crippen LogP) is 1.74. The Morgan fingerprint density at radius 1 is 1.30 bits per heavy atom. The minimum Gasteiger partial charge on any atom is -0.366 e. The van der Waals surface area contributed by atoms with E-state index < -0.39 is 10.8 Å². The van der Waals surface area contributed by atoms with Crippen molar-refractivity contribution in [3.8, 4) is 0 Å². The molecular formula is C14H28N2O3S. The lowest BCUT2D eigenvalue weighted by atomic mass is 9.99. The van der Waals surface area contributed by atoms with Crippen molar-refractivity contribution >= 4 is 16.8 Å². The van der Waals surface area contributed by atoms with Crippen molar-refractivity contribution in [3.63, 3.8) is 0 Å². The maximum absolute atomic E-state index is 12.2. The van der Waals surface area contributed by atoms with Crippen LogP contribution in [0.5, 0.6) is 0 Å². The zero-order valence-corrected chi connectivity index (χ0v) is 14.3. The lowest BCUT2D eigenvalue weighted by Gasteiger charge is -2.47. The number of carbonyl (C=O) groups excluding carboxylic acids is 1. The van der Waals surface area contributed by atoms with E-state index in [-0.39, 0.29) is 22.5 Å². The second-order valence-electron chi connectivity index (χ2n) is 6.81. The van der Waals surface area contributed by atoms with E-state index in [0.717, 1.165) is 6.42 Å². The predicted molar refractivity (Wildman–Crippen MR) is 82.4 cm³/mol. The van der Waals surface area contributed by atoms with Gasteiger partial charge < -0.3 is 15.0 Å². The van der Waals surface area contributed by atoms with Crippen LogP contribution in [0.3, 0.4) is 0 Å². The molecule has 1 aliphatic rings. The Hall–Kier alpha value is -0.620. The topological polar surface area (TPSA) is 58.6 Å². The SMILES string of the molecule is CC(CCNC(=O)N1CC(C)(C)OC(C)(C)C1)S(C)=O. The smallest absolute Gasteiger partial charge is 0.317 e. The van der Waals surface area contributed by atoms with Crippen LogP contribution >= 0.6 is 0 Å². The van der Waals surface area contributed by atoms with Gasteiger partial charge in [0.1, 0.15) is 0 Å². The molecule has 1 heterocycles. The van der Waals surface area contributed by atoms with Gasteiger partial charge in [0.15, 0.2) is 0 Å². The summed E-state index contributed by atoms with van der Waals surface area (Å²) in [6, 6.07) is -0.0662. The van der Waals surface area contributed by atoms with E-state index in [2.05, 4.69) is 5.32 Å². The molecule has 118 valence electrons. The largest absolute Gasteiger partial charge is 0.366 e. The molecule has 1 rings (SSSR count). The van der Waals surface area contributed by atoms with E-state index in [4.69, 9.17) is 4.74 Å². The zero-order valence-electron chi connectivity index (χ0n) is 13.5. The van der Waals surface area contributed by atoms with Crippen LogP contribution in [-0.4, -0.2) is 57.5 Å². The lowest BCUT2D eigenvalue weighted by Crippen LogP contribution is -2.60. The van der Waals surface area contributed by atoms with Crippen molar-refractivity contribution < 1.29 is 13.7 Å². The highest BCUT2D eigenvalue weighted by Crippen LogP contribution is 2.27. The molecule has 1 aliphatic heterocycles. The maximum Gasteiger partial charge on any atom is 0.317 e. The standard InChI is InChI=1S/C14H28N2O3S/c1-11(20(6)18)7-8-15-12(17)16-9-13(2,3)19-14(4,5)10-16/h11H,7-10H2,1-6H3,(H,15,17). The Bertz CT molecular complexity index is 367. The first-order valence-electron chi connectivity index (χ1n) is 7.08. The molecule has 6 heteroatoms. The highest BCUT2D eigenvalue weighted by atomic mass is 32.2. The quantitative estimate of drug-likeness (QED) is 0.861. The lowest BCUT2D eigenvalue weighted by molar-refractivity contribution is -0.170. The third-order valence-corrected chi connectivity index (χ3v) is 4.75. The normalized spacial score (nSPS) is 24.0. The summed E-state index contributed by atoms with van der Waals surface area (Å²) in [4.78, 5) is 14.0. The van der Waals surface area contributed by atoms with Gasteiger partial charge >= 0.3 is 6.03 Å². The minimum absolute atomic E-state index is 0.0662. The molecule has 0 radical (unpaired) electrons. The molecule has 2 amide bonds. The fraction of sp³-hybridized carbons (Fsp3) is 0.929. The first-order valence-corrected chi connectivity index (χ1v) is 8.70. The summed E-state index contributed by atoms with van der Waals surface area (Å²) in [5.41, 5.74) is -0.672. The summed E-state index contributed by atoms with van der Waals surface area (Å²) in [5, 5.41) is 3.02. The Morgan fingerprint density at radius 3 is 2.25 bits per heavy atom. The number of nitrogens with zero attached hydrogens (tertiary/aromatic N) is 1. The summed E-state index contributed by atoms with van der Waals surface area (Å²) in [5.74, 6) is 0. The number of hydrogen-bond donors (Lipinski definition) is 1. The van der Waals surface area contributed by atoms with Gasteiger partial charge in [-0.2, -0.15) is 0 Å². The van der Waals surface area contributed by atoms with Crippen molar-refractivity contribution in [2.45, 2.75) is 57.5 Å². The molecule has 1 saturated heterocycles. The van der Waals surface area contributed by atoms with Gasteiger partial charge in [-0.15, -0.1) is 0 Å². The van der Waals surface area contributed by atoms with E-state index in [1.807, 2.05) is 34.6 Å². The summed E-state index contributed by atoms with van der Waals surface area (Å²) < 4.78 is 17.2. The van der Waals surface area contributed by atoms with E-state index in [1.165, 1.54) is 0 Å². The van der Waals surface area contributed by atoms with Gasteiger partial charge in [0.25, 0.3) is 0 Å². The third kappa shape index (κ3) is 5.40. The molecule has 0 aromatic carbocycles. The molecule has 2 unspecified atom stereocenters. The van der Waals surface area contributed by atoms with Gasteiger partial charge in [0.2, 0.25) is 0 Å². The van der Waals surface area contributed by atoms with Crippen LogP contribution < -0.4 is 5.32 Å². The molecule has 0 spiro atoms. The monoisotopic (exact) mass is 304 g/mol. The van der Waals surface area contributed by atoms with Crippen LogP contribution in [0.1, 0.15) is 41.0 Å². The van der Waals surface area contributed by atoms with Crippen molar-refractivity contribution in [3.05, 3.63) is 0 Å². The van der Waals surface area contributed by atoms with Crippen LogP contribution in [0.25, 0.3) is 0 Å². The number of morpholine rings is 1. The van der Waals surface area contributed by atoms with Crippen molar-refractivity contribution in [2.24, 2.45) is 0 Å². The molecule has 0 aromatic heterocycles. The number of amides is 2. The van der Waals surface area contributed by atoms with E-state index >= 15 is 0 Å². The molecule has 0 bridgehead atoms. The molecule has 5 nitrogen and oxygen atoms in total. The van der Waals surface area contributed by atoms with Gasteiger partial charge in [0, 0.05) is 28.9 Å². The van der Waals surface area contributed by atoms with Crippen LogP contribution in [0.4, 0.5) is 4.79 Å². The van der Waals surface area contributed by atoms with Crippen LogP contribution in [-0.2, 0) is 15.5 Å². The summed E-state index contributed by atoms with van der Waals surface area (Å²) in [6.45, 7) is 11.6. The Kier molecular flexibility index (Phi) is 5.61. The average Bonchev–Trinajstić information content (AvgIpc) is 2.24. The number of rotatable bonds is 4. The molecule has 0 aliphatic carbocycles. The zero-order chi connectivity index (χ0) is 15.6. The van der Waals surface area contributed by atoms with Crippen LogP contribution in [0, 0.1) is 0 Å². The first-order chi connectivity index (χ1) is 9.02. The molecule has 0 aromatic rings. The second-order valence-corrected chi connectivity index (χ2v) is 8.61. The van der Waals surface area contributed by atoms with Gasteiger partial charge in [-0.25, -0.2) is 4.79 Å². The molecule has 2 atom stereocenters. The second kappa shape index (κ2) is 6.43. The maximum atomic E-state index is 12.2. The van der Waals surface area contributed by atoms with Gasteiger partial charge in [0.05, 0.1) is 24.3 Å². The molecular weight excluding hydrogens is 276 g/mol. The minimum atomic E-state index is -0.840.